The first-order valence-electron chi connectivity index (χ1n) is 6.67. The third-order valence-electron chi connectivity index (χ3n) is 3.16. The van der Waals surface area contributed by atoms with Crippen LogP contribution in [0.1, 0.15) is 11.1 Å². The molecule has 0 spiro atoms. The van der Waals surface area contributed by atoms with Gasteiger partial charge in [0, 0.05) is 10.7 Å². The Morgan fingerprint density at radius 1 is 1.05 bits per heavy atom. The highest BCUT2D eigenvalue weighted by molar-refractivity contribution is 9.10. The number of hydrogen-bond acceptors (Lipinski definition) is 2. The van der Waals surface area contributed by atoms with Gasteiger partial charge >= 0.3 is 0 Å². The second-order valence-corrected chi connectivity index (χ2v) is 5.60. The molecular formula is C17H14BrN3. The molecule has 4 heteroatoms. The van der Waals surface area contributed by atoms with Crippen molar-refractivity contribution in [3.63, 3.8) is 0 Å². The molecule has 1 heterocycles. The van der Waals surface area contributed by atoms with E-state index >= 15 is 0 Å². The molecule has 0 aliphatic carbocycles. The van der Waals surface area contributed by atoms with Crippen LogP contribution < -0.4 is 0 Å². The first-order chi connectivity index (χ1) is 10.3. The van der Waals surface area contributed by atoms with Gasteiger partial charge in [-0.2, -0.15) is 0 Å². The van der Waals surface area contributed by atoms with Gasteiger partial charge in [0.25, 0.3) is 0 Å². The molecule has 0 saturated heterocycles. The van der Waals surface area contributed by atoms with Crippen LogP contribution in [0, 0.1) is 0 Å². The lowest BCUT2D eigenvalue weighted by molar-refractivity contribution is 0.671. The van der Waals surface area contributed by atoms with Crippen LogP contribution in [0.3, 0.4) is 0 Å². The van der Waals surface area contributed by atoms with E-state index in [1.165, 1.54) is 16.7 Å². The molecule has 0 radical (unpaired) electrons. The lowest BCUT2D eigenvalue weighted by atomic mass is 10.0. The van der Waals surface area contributed by atoms with E-state index in [1.807, 2.05) is 29.1 Å². The summed E-state index contributed by atoms with van der Waals surface area (Å²) in [6.45, 7) is 0.691. The molecule has 0 bridgehead atoms. The van der Waals surface area contributed by atoms with Gasteiger partial charge < -0.3 is 0 Å². The lowest BCUT2D eigenvalue weighted by Crippen LogP contribution is -2.01. The van der Waals surface area contributed by atoms with Crippen molar-refractivity contribution in [1.29, 1.82) is 0 Å². The van der Waals surface area contributed by atoms with Gasteiger partial charge in [0.05, 0.1) is 12.7 Å². The van der Waals surface area contributed by atoms with Crippen molar-refractivity contribution in [2.45, 2.75) is 6.54 Å². The molecule has 0 saturated carbocycles. The summed E-state index contributed by atoms with van der Waals surface area (Å²) in [4.78, 5) is 0. The van der Waals surface area contributed by atoms with Gasteiger partial charge in [0.2, 0.25) is 0 Å². The van der Waals surface area contributed by atoms with Crippen molar-refractivity contribution in [3.8, 4) is 0 Å². The van der Waals surface area contributed by atoms with Crippen molar-refractivity contribution in [1.82, 2.24) is 15.0 Å². The van der Waals surface area contributed by atoms with Crippen LogP contribution in [-0.2, 0) is 6.54 Å². The van der Waals surface area contributed by atoms with Crippen LogP contribution in [0.2, 0.25) is 0 Å². The molecule has 104 valence electrons. The summed E-state index contributed by atoms with van der Waals surface area (Å²) in [6.07, 6.45) is 5.75. The summed E-state index contributed by atoms with van der Waals surface area (Å²) in [5.41, 5.74) is 3.55. The maximum Gasteiger partial charge on any atom is 0.0693 e. The number of hydrogen-bond donors (Lipinski definition) is 0. The van der Waals surface area contributed by atoms with Crippen LogP contribution >= 0.6 is 15.9 Å². The molecule has 0 aliphatic rings. The van der Waals surface area contributed by atoms with Crippen LogP contribution in [0.4, 0.5) is 0 Å². The first-order valence-corrected chi connectivity index (χ1v) is 7.46. The third-order valence-corrected chi connectivity index (χ3v) is 3.69. The molecule has 3 nitrogen and oxygen atoms in total. The predicted molar refractivity (Wildman–Crippen MR) is 88.5 cm³/mol. The largest absolute Gasteiger partial charge is 0.248 e. The topological polar surface area (TPSA) is 30.7 Å². The Hall–Kier alpha value is -2.20. The molecule has 0 fully saturated rings. The van der Waals surface area contributed by atoms with E-state index in [0.717, 1.165) is 4.47 Å². The minimum Gasteiger partial charge on any atom is -0.248 e. The second-order valence-electron chi connectivity index (χ2n) is 4.69. The fourth-order valence-corrected chi connectivity index (χ4v) is 2.39. The maximum absolute atomic E-state index is 4.06. The number of allylic oxidation sites excluding steroid dienone is 1. The lowest BCUT2D eigenvalue weighted by Gasteiger charge is -2.09. The predicted octanol–water partition coefficient (Wildman–Crippen LogP) is 4.28. The second kappa shape index (κ2) is 6.50. The Balaban J connectivity index is 1.98. The van der Waals surface area contributed by atoms with Gasteiger partial charge in [-0.1, -0.05) is 63.6 Å². The fourth-order valence-electron chi connectivity index (χ4n) is 2.13. The van der Waals surface area contributed by atoms with Gasteiger partial charge in [-0.25, -0.2) is 4.68 Å². The zero-order valence-corrected chi connectivity index (χ0v) is 12.9. The van der Waals surface area contributed by atoms with Gasteiger partial charge in [-0.3, -0.25) is 0 Å². The molecule has 0 unspecified atom stereocenters. The normalized spacial score (nSPS) is 11.6. The number of rotatable bonds is 4. The molecule has 21 heavy (non-hydrogen) atoms. The van der Waals surface area contributed by atoms with Crippen LogP contribution in [0.5, 0.6) is 0 Å². The number of aromatic nitrogens is 3. The zero-order chi connectivity index (χ0) is 14.5. The Bertz CT molecular complexity index is 716. The molecule has 0 aliphatic heterocycles. The van der Waals surface area contributed by atoms with Crippen molar-refractivity contribution in [3.05, 3.63) is 82.6 Å². The average molecular weight is 340 g/mol. The highest BCUT2D eigenvalue weighted by Crippen LogP contribution is 2.22. The summed E-state index contributed by atoms with van der Waals surface area (Å²) < 4.78 is 2.91. The quantitative estimate of drug-likeness (QED) is 0.664. The third kappa shape index (κ3) is 3.67. The summed E-state index contributed by atoms with van der Waals surface area (Å²) in [7, 11) is 0. The molecule has 0 N–H and O–H groups in total. The Morgan fingerprint density at radius 2 is 1.81 bits per heavy atom. The smallest absolute Gasteiger partial charge is 0.0693 e. The molecule has 2 aromatic carbocycles. The van der Waals surface area contributed by atoms with E-state index in [2.05, 4.69) is 68.7 Å². The standard InChI is InChI=1S/C17H14BrN3/c18-17-8-6-15(7-9-17)16(13-21-11-10-19-20-21)12-14-4-2-1-3-5-14/h1-12H,13H2/b16-12-. The maximum atomic E-state index is 4.06. The molecule has 0 amide bonds. The summed E-state index contributed by atoms with van der Waals surface area (Å²) in [5.74, 6) is 0. The van der Waals surface area contributed by atoms with E-state index in [4.69, 9.17) is 0 Å². The molecule has 3 aromatic rings. The summed E-state index contributed by atoms with van der Waals surface area (Å²) in [6, 6.07) is 18.6. The van der Waals surface area contributed by atoms with Crippen LogP contribution in [0.25, 0.3) is 11.6 Å². The monoisotopic (exact) mass is 339 g/mol. The molecule has 0 atom stereocenters. The zero-order valence-electron chi connectivity index (χ0n) is 11.4. The van der Waals surface area contributed by atoms with E-state index in [0.29, 0.717) is 6.54 Å². The molecule has 3 rings (SSSR count). The number of benzene rings is 2. The minimum atomic E-state index is 0.691. The number of halogens is 1. The van der Waals surface area contributed by atoms with Gasteiger partial charge in [-0.15, -0.1) is 5.10 Å². The Labute approximate surface area is 132 Å². The highest BCUT2D eigenvalue weighted by atomic mass is 79.9. The summed E-state index contributed by atoms with van der Waals surface area (Å²) in [5, 5.41) is 7.93. The van der Waals surface area contributed by atoms with Crippen molar-refractivity contribution < 1.29 is 0 Å². The Kier molecular flexibility index (Phi) is 4.26. The fraction of sp³-hybridized carbons (Fsp3) is 0.0588. The van der Waals surface area contributed by atoms with E-state index < -0.39 is 0 Å². The van der Waals surface area contributed by atoms with Crippen molar-refractivity contribution in [2.24, 2.45) is 0 Å². The van der Waals surface area contributed by atoms with Crippen LogP contribution in [-0.4, -0.2) is 15.0 Å². The van der Waals surface area contributed by atoms with Crippen molar-refractivity contribution in [2.75, 3.05) is 0 Å². The van der Waals surface area contributed by atoms with E-state index in [9.17, 15) is 0 Å². The molecular weight excluding hydrogens is 326 g/mol. The van der Waals surface area contributed by atoms with Crippen molar-refractivity contribution >= 4 is 27.6 Å². The number of nitrogens with zero attached hydrogens (tertiary/aromatic N) is 3. The van der Waals surface area contributed by atoms with Crippen LogP contribution in [0.15, 0.2) is 71.5 Å². The summed E-state index contributed by atoms with van der Waals surface area (Å²) >= 11 is 3.48. The SMILES string of the molecule is Brc1ccc(/C(=C\c2ccccc2)Cn2ccnn2)cc1. The minimum absolute atomic E-state index is 0.691. The van der Waals surface area contributed by atoms with Gasteiger partial charge in [0.1, 0.15) is 0 Å². The average Bonchev–Trinajstić information content (AvgIpc) is 3.01. The first kappa shape index (κ1) is 13.8. The molecule has 1 aromatic heterocycles. The Morgan fingerprint density at radius 3 is 2.48 bits per heavy atom. The highest BCUT2D eigenvalue weighted by Gasteiger charge is 2.04. The van der Waals surface area contributed by atoms with E-state index in [-0.39, 0.29) is 0 Å². The van der Waals surface area contributed by atoms with Gasteiger partial charge in [-0.05, 0) is 34.9 Å². The van der Waals surface area contributed by atoms with Gasteiger partial charge in [0.15, 0.2) is 0 Å². The van der Waals surface area contributed by atoms with E-state index in [1.54, 1.807) is 6.20 Å².